The largest absolute Gasteiger partial charge is 0.483 e. The maximum Gasteiger partial charge on any atom is 0.266 e. The first-order valence-corrected chi connectivity index (χ1v) is 11.6. The van der Waals surface area contributed by atoms with Gasteiger partial charge in [0.15, 0.2) is 11.7 Å². The third-order valence-corrected chi connectivity index (χ3v) is 6.59. The molecule has 1 fully saturated rings. The van der Waals surface area contributed by atoms with E-state index in [0.29, 0.717) is 11.7 Å². The third-order valence-electron chi connectivity index (χ3n) is 5.06. The van der Waals surface area contributed by atoms with Gasteiger partial charge in [0.05, 0.1) is 23.4 Å². The molecule has 0 atom stereocenters. The molecule has 4 rings (SSSR count). The number of aryl methyl sites for hydroxylation is 1. The molecule has 0 spiro atoms. The van der Waals surface area contributed by atoms with E-state index in [-0.39, 0.29) is 12.5 Å². The number of halogens is 1. The Morgan fingerprint density at radius 3 is 2.87 bits per heavy atom. The summed E-state index contributed by atoms with van der Waals surface area (Å²) >= 11 is 5.03. The Balaban J connectivity index is 1.52. The normalized spacial score (nSPS) is 14.7. The molecule has 30 heavy (non-hydrogen) atoms. The van der Waals surface area contributed by atoms with Gasteiger partial charge in [-0.15, -0.1) is 0 Å². The molecule has 8 heteroatoms. The number of rotatable bonds is 7. The molecule has 1 aliphatic rings. The molecule has 0 unspecified atom stereocenters. The van der Waals surface area contributed by atoms with Gasteiger partial charge in [0.25, 0.3) is 5.91 Å². The predicted molar refractivity (Wildman–Crippen MR) is 124 cm³/mol. The number of benzene rings is 2. The Morgan fingerprint density at radius 2 is 2.07 bits per heavy atom. The van der Waals surface area contributed by atoms with Crippen LogP contribution in [0.25, 0.3) is 10.2 Å². The van der Waals surface area contributed by atoms with Crippen LogP contribution in [0.1, 0.15) is 5.56 Å². The van der Waals surface area contributed by atoms with Gasteiger partial charge in [0, 0.05) is 30.7 Å². The number of hydrogen-bond donors (Lipinski definition) is 0. The van der Waals surface area contributed by atoms with Crippen molar-refractivity contribution in [1.29, 1.82) is 0 Å². The van der Waals surface area contributed by atoms with Crippen molar-refractivity contribution in [1.82, 2.24) is 9.88 Å². The number of morpholine rings is 1. The number of ether oxygens (including phenoxy) is 2. The monoisotopic (exact) mass is 489 g/mol. The quantitative estimate of drug-likeness (QED) is 0.499. The first-order valence-electron chi connectivity index (χ1n) is 9.95. The minimum atomic E-state index is -0.0929. The van der Waals surface area contributed by atoms with E-state index in [4.69, 9.17) is 14.5 Å². The molecule has 0 aliphatic carbocycles. The van der Waals surface area contributed by atoms with Gasteiger partial charge in [-0.3, -0.25) is 14.6 Å². The van der Waals surface area contributed by atoms with Crippen molar-refractivity contribution in [3.8, 4) is 5.75 Å². The number of thiazole rings is 1. The van der Waals surface area contributed by atoms with E-state index in [1.807, 2.05) is 49.4 Å². The number of carbonyl (C=O) groups is 1. The van der Waals surface area contributed by atoms with E-state index in [9.17, 15) is 4.79 Å². The highest BCUT2D eigenvalue weighted by molar-refractivity contribution is 9.10. The van der Waals surface area contributed by atoms with Crippen LogP contribution in [0.5, 0.6) is 5.75 Å². The van der Waals surface area contributed by atoms with E-state index in [2.05, 4.69) is 20.8 Å². The van der Waals surface area contributed by atoms with Crippen LogP contribution in [0.2, 0.25) is 0 Å². The topological polar surface area (TPSA) is 54.9 Å². The summed E-state index contributed by atoms with van der Waals surface area (Å²) in [4.78, 5) is 21.9. The number of amides is 1. The van der Waals surface area contributed by atoms with Crippen LogP contribution >= 0.6 is 27.3 Å². The van der Waals surface area contributed by atoms with Crippen molar-refractivity contribution in [3.63, 3.8) is 0 Å². The summed E-state index contributed by atoms with van der Waals surface area (Å²) in [5, 5.41) is 0.703. The zero-order chi connectivity index (χ0) is 20.9. The molecule has 158 valence electrons. The van der Waals surface area contributed by atoms with E-state index in [1.54, 1.807) is 4.90 Å². The SMILES string of the molecule is Cc1ccccc1OCC(=O)N(CCN1CCOCC1)c1nc2ccc(Br)cc2s1. The highest BCUT2D eigenvalue weighted by Gasteiger charge is 2.22. The van der Waals surface area contributed by atoms with E-state index in [0.717, 1.165) is 58.9 Å². The van der Waals surface area contributed by atoms with Crippen molar-refractivity contribution in [2.75, 3.05) is 50.9 Å². The maximum absolute atomic E-state index is 13.2. The molecule has 0 radical (unpaired) electrons. The smallest absolute Gasteiger partial charge is 0.266 e. The van der Waals surface area contributed by atoms with Gasteiger partial charge in [0.2, 0.25) is 0 Å². The Kier molecular flexibility index (Phi) is 6.99. The second kappa shape index (κ2) is 9.87. The molecule has 1 amide bonds. The highest BCUT2D eigenvalue weighted by Crippen LogP contribution is 2.31. The maximum atomic E-state index is 13.2. The lowest BCUT2D eigenvalue weighted by Crippen LogP contribution is -2.44. The summed E-state index contributed by atoms with van der Waals surface area (Å²) in [5.41, 5.74) is 1.90. The molecule has 1 aliphatic heterocycles. The number of anilines is 1. The predicted octanol–water partition coefficient (Wildman–Crippen LogP) is 4.11. The number of carbonyl (C=O) groups excluding carboxylic acids is 1. The minimum Gasteiger partial charge on any atom is -0.483 e. The van der Waals surface area contributed by atoms with Crippen molar-refractivity contribution in [2.45, 2.75) is 6.92 Å². The van der Waals surface area contributed by atoms with E-state index < -0.39 is 0 Å². The lowest BCUT2D eigenvalue weighted by atomic mass is 10.2. The number of aromatic nitrogens is 1. The van der Waals surface area contributed by atoms with Gasteiger partial charge in [-0.05, 0) is 36.8 Å². The van der Waals surface area contributed by atoms with Crippen molar-refractivity contribution in [3.05, 3.63) is 52.5 Å². The Bertz CT molecular complexity index is 1020. The van der Waals surface area contributed by atoms with E-state index in [1.165, 1.54) is 11.3 Å². The molecule has 2 aromatic carbocycles. The van der Waals surface area contributed by atoms with Crippen molar-refractivity contribution in [2.24, 2.45) is 0 Å². The van der Waals surface area contributed by atoms with Gasteiger partial charge < -0.3 is 9.47 Å². The van der Waals surface area contributed by atoms with Gasteiger partial charge in [0.1, 0.15) is 5.75 Å². The van der Waals surface area contributed by atoms with Crippen LogP contribution in [-0.4, -0.2) is 61.8 Å². The molecule has 0 saturated carbocycles. The zero-order valence-electron chi connectivity index (χ0n) is 16.8. The summed E-state index contributed by atoms with van der Waals surface area (Å²) in [5.74, 6) is 0.636. The Labute approximate surface area is 188 Å². The van der Waals surface area contributed by atoms with Crippen LogP contribution in [0, 0.1) is 6.92 Å². The number of fused-ring (bicyclic) bond motifs is 1. The highest BCUT2D eigenvalue weighted by atomic mass is 79.9. The molecule has 6 nitrogen and oxygen atoms in total. The lowest BCUT2D eigenvalue weighted by Gasteiger charge is -2.29. The average molecular weight is 490 g/mol. The van der Waals surface area contributed by atoms with Crippen molar-refractivity contribution >= 4 is 48.5 Å². The molecular formula is C22H24BrN3O3S. The van der Waals surface area contributed by atoms with Crippen LogP contribution in [0.3, 0.4) is 0 Å². The number of nitrogens with zero attached hydrogens (tertiary/aromatic N) is 3. The minimum absolute atomic E-state index is 0.0203. The summed E-state index contributed by atoms with van der Waals surface area (Å²) in [7, 11) is 0. The van der Waals surface area contributed by atoms with E-state index >= 15 is 0 Å². The Morgan fingerprint density at radius 1 is 1.27 bits per heavy atom. The van der Waals surface area contributed by atoms with Crippen LogP contribution < -0.4 is 9.64 Å². The zero-order valence-corrected chi connectivity index (χ0v) is 19.2. The molecule has 1 saturated heterocycles. The molecule has 0 bridgehead atoms. The van der Waals surface area contributed by atoms with Gasteiger partial charge >= 0.3 is 0 Å². The molecule has 3 aromatic rings. The molecule has 2 heterocycles. The fourth-order valence-corrected chi connectivity index (χ4v) is 4.89. The van der Waals surface area contributed by atoms with Crippen LogP contribution in [0.4, 0.5) is 5.13 Å². The van der Waals surface area contributed by atoms with Gasteiger partial charge in [-0.1, -0.05) is 45.5 Å². The fourth-order valence-electron chi connectivity index (χ4n) is 3.33. The van der Waals surface area contributed by atoms with Crippen molar-refractivity contribution < 1.29 is 14.3 Å². The molecule has 0 N–H and O–H groups in total. The number of para-hydroxylation sites is 1. The summed E-state index contributed by atoms with van der Waals surface area (Å²) < 4.78 is 13.3. The average Bonchev–Trinajstić information content (AvgIpc) is 3.16. The second-order valence-corrected chi connectivity index (χ2v) is 9.09. The molecule has 1 aromatic heterocycles. The van der Waals surface area contributed by atoms with Crippen LogP contribution in [-0.2, 0) is 9.53 Å². The second-order valence-electron chi connectivity index (χ2n) is 7.16. The number of hydrogen-bond acceptors (Lipinski definition) is 6. The van der Waals surface area contributed by atoms with Crippen LogP contribution in [0.15, 0.2) is 46.9 Å². The fraction of sp³-hybridized carbons (Fsp3) is 0.364. The molecular weight excluding hydrogens is 466 g/mol. The summed E-state index contributed by atoms with van der Waals surface area (Å²) in [6, 6.07) is 13.7. The third kappa shape index (κ3) is 5.18. The summed E-state index contributed by atoms with van der Waals surface area (Å²) in [6.45, 7) is 6.53. The first-order chi connectivity index (χ1) is 14.6. The first kappa shape index (κ1) is 21.2. The summed E-state index contributed by atoms with van der Waals surface area (Å²) in [6.07, 6.45) is 0. The van der Waals surface area contributed by atoms with Gasteiger partial charge in [-0.25, -0.2) is 4.98 Å². The Hall–Kier alpha value is -2.00. The standard InChI is InChI=1S/C22H24BrN3O3S/c1-16-4-2-3-5-19(16)29-15-21(27)26(9-8-25-10-12-28-13-11-25)22-24-18-7-6-17(23)14-20(18)30-22/h2-7,14H,8-13,15H2,1H3. The van der Waals surface area contributed by atoms with Gasteiger partial charge in [-0.2, -0.15) is 0 Å². The lowest BCUT2D eigenvalue weighted by molar-refractivity contribution is -0.120.